The fourth-order valence-electron chi connectivity index (χ4n) is 1.86. The molecule has 21 heavy (non-hydrogen) atoms. The Kier molecular flexibility index (Phi) is 4.61. The van der Waals surface area contributed by atoms with Crippen molar-refractivity contribution in [3.05, 3.63) is 58.0 Å². The second kappa shape index (κ2) is 6.60. The van der Waals surface area contributed by atoms with Gasteiger partial charge in [-0.2, -0.15) is 0 Å². The lowest BCUT2D eigenvalue weighted by Crippen LogP contribution is -2.24. The van der Waals surface area contributed by atoms with E-state index in [-0.39, 0.29) is 11.5 Å². The summed E-state index contributed by atoms with van der Waals surface area (Å²) in [5.74, 6) is 0.982. The minimum atomic E-state index is -0.320. The summed E-state index contributed by atoms with van der Waals surface area (Å²) in [5.41, 5.74) is 0.812. The zero-order valence-electron chi connectivity index (χ0n) is 11.8. The van der Waals surface area contributed by atoms with Gasteiger partial charge in [0.1, 0.15) is 11.5 Å². The van der Waals surface area contributed by atoms with E-state index in [9.17, 15) is 9.59 Å². The second-order valence-electron chi connectivity index (χ2n) is 4.30. The normalized spacial score (nSPS) is 10.0. The number of aromatic nitrogens is 1. The van der Waals surface area contributed by atoms with Crippen LogP contribution in [0.4, 0.5) is 0 Å². The number of H-pyrrole nitrogens is 1. The first-order chi connectivity index (χ1) is 10.1. The highest BCUT2D eigenvalue weighted by Gasteiger charge is 2.09. The molecule has 0 unspecified atom stereocenters. The van der Waals surface area contributed by atoms with Gasteiger partial charge in [-0.05, 0) is 18.2 Å². The van der Waals surface area contributed by atoms with E-state index < -0.39 is 0 Å². The van der Waals surface area contributed by atoms with Gasteiger partial charge in [-0.1, -0.05) is 0 Å². The molecule has 6 nitrogen and oxygen atoms in total. The van der Waals surface area contributed by atoms with Crippen LogP contribution in [0.25, 0.3) is 0 Å². The molecule has 0 saturated carbocycles. The van der Waals surface area contributed by atoms with E-state index in [0.29, 0.717) is 23.6 Å². The number of rotatable bonds is 5. The van der Waals surface area contributed by atoms with E-state index in [1.807, 2.05) is 6.07 Å². The molecule has 0 bridgehead atoms. The Morgan fingerprint density at radius 2 is 2.00 bits per heavy atom. The quantitative estimate of drug-likeness (QED) is 0.869. The summed E-state index contributed by atoms with van der Waals surface area (Å²) in [6.45, 7) is 0.290. The zero-order chi connectivity index (χ0) is 15.2. The van der Waals surface area contributed by atoms with Crippen LogP contribution in [0.2, 0.25) is 0 Å². The number of amides is 1. The maximum atomic E-state index is 12.0. The highest BCUT2D eigenvalue weighted by atomic mass is 16.5. The third-order valence-electron chi connectivity index (χ3n) is 2.97. The molecule has 1 aromatic carbocycles. The Morgan fingerprint density at radius 1 is 1.19 bits per heavy atom. The van der Waals surface area contributed by atoms with Crippen molar-refractivity contribution in [3.63, 3.8) is 0 Å². The van der Waals surface area contributed by atoms with E-state index in [2.05, 4.69) is 10.3 Å². The van der Waals surface area contributed by atoms with Gasteiger partial charge in [0, 0.05) is 36.0 Å². The number of hydrogen-bond acceptors (Lipinski definition) is 4. The lowest BCUT2D eigenvalue weighted by atomic mass is 10.1. The summed E-state index contributed by atoms with van der Waals surface area (Å²) < 4.78 is 10.4. The zero-order valence-corrected chi connectivity index (χ0v) is 11.8. The molecular formula is C15H16N2O4. The van der Waals surface area contributed by atoms with E-state index in [1.54, 1.807) is 32.4 Å². The van der Waals surface area contributed by atoms with Gasteiger partial charge in [-0.3, -0.25) is 9.59 Å². The van der Waals surface area contributed by atoms with Crippen molar-refractivity contribution in [3.8, 4) is 11.5 Å². The number of ether oxygens (including phenoxy) is 2. The van der Waals surface area contributed by atoms with Crippen molar-refractivity contribution in [1.82, 2.24) is 10.3 Å². The predicted octanol–water partition coefficient (Wildman–Crippen LogP) is 1.32. The Morgan fingerprint density at radius 3 is 2.67 bits per heavy atom. The van der Waals surface area contributed by atoms with Crippen LogP contribution in [-0.4, -0.2) is 25.1 Å². The van der Waals surface area contributed by atoms with E-state index >= 15 is 0 Å². The van der Waals surface area contributed by atoms with Crippen LogP contribution in [0.5, 0.6) is 11.5 Å². The summed E-state index contributed by atoms with van der Waals surface area (Å²) in [6, 6.07) is 8.14. The number of aromatic amines is 1. The van der Waals surface area contributed by atoms with Gasteiger partial charge in [0.15, 0.2) is 0 Å². The molecule has 2 rings (SSSR count). The number of methoxy groups -OCH3 is 2. The summed E-state index contributed by atoms with van der Waals surface area (Å²) in [5, 5.41) is 2.74. The number of benzene rings is 1. The van der Waals surface area contributed by atoms with Gasteiger partial charge < -0.3 is 19.8 Å². The molecule has 0 radical (unpaired) electrons. The van der Waals surface area contributed by atoms with Gasteiger partial charge in [0.25, 0.3) is 5.91 Å². The molecule has 0 fully saturated rings. The van der Waals surface area contributed by atoms with Crippen molar-refractivity contribution in [2.45, 2.75) is 6.54 Å². The molecular weight excluding hydrogens is 272 g/mol. The first-order valence-corrected chi connectivity index (χ1v) is 6.32. The van der Waals surface area contributed by atoms with E-state index in [0.717, 1.165) is 5.56 Å². The minimum absolute atomic E-state index is 0.290. The molecule has 110 valence electrons. The van der Waals surface area contributed by atoms with Crippen LogP contribution in [-0.2, 0) is 6.54 Å². The predicted molar refractivity (Wildman–Crippen MR) is 77.8 cm³/mol. The third kappa shape index (κ3) is 3.62. The number of carbonyl (C=O) groups is 1. The van der Waals surface area contributed by atoms with Crippen LogP contribution in [0.3, 0.4) is 0 Å². The van der Waals surface area contributed by atoms with Crippen LogP contribution in [0.15, 0.2) is 41.3 Å². The van der Waals surface area contributed by atoms with Crippen molar-refractivity contribution < 1.29 is 14.3 Å². The molecule has 0 aliphatic rings. The third-order valence-corrected chi connectivity index (χ3v) is 2.97. The van der Waals surface area contributed by atoms with Crippen molar-refractivity contribution in [2.24, 2.45) is 0 Å². The summed E-state index contributed by atoms with van der Waals surface area (Å²) in [4.78, 5) is 25.6. The largest absolute Gasteiger partial charge is 0.497 e. The van der Waals surface area contributed by atoms with Gasteiger partial charge >= 0.3 is 0 Å². The van der Waals surface area contributed by atoms with Crippen LogP contribution in [0, 0.1) is 0 Å². The lowest BCUT2D eigenvalue weighted by molar-refractivity contribution is 0.0950. The number of hydrogen-bond donors (Lipinski definition) is 2. The van der Waals surface area contributed by atoms with Gasteiger partial charge in [0.2, 0.25) is 5.56 Å². The molecule has 1 heterocycles. The van der Waals surface area contributed by atoms with Crippen molar-refractivity contribution >= 4 is 5.91 Å². The van der Waals surface area contributed by atoms with Crippen molar-refractivity contribution in [1.29, 1.82) is 0 Å². The lowest BCUT2D eigenvalue weighted by Gasteiger charge is -2.11. The average Bonchev–Trinajstić information content (AvgIpc) is 2.52. The molecule has 0 atom stereocenters. The molecule has 2 aromatic rings. The van der Waals surface area contributed by atoms with Gasteiger partial charge in [-0.25, -0.2) is 0 Å². The summed E-state index contributed by atoms with van der Waals surface area (Å²) in [6.07, 6.45) is 1.44. The second-order valence-corrected chi connectivity index (χ2v) is 4.30. The first-order valence-electron chi connectivity index (χ1n) is 6.32. The Hall–Kier alpha value is -2.76. The fourth-order valence-corrected chi connectivity index (χ4v) is 1.86. The maximum absolute atomic E-state index is 12.0. The Balaban J connectivity index is 2.09. The van der Waals surface area contributed by atoms with Gasteiger partial charge in [-0.15, -0.1) is 0 Å². The topological polar surface area (TPSA) is 80.4 Å². The standard InChI is InChI=1S/C15H16N2O4/c1-20-12-4-3-11(13(8-12)21-2)9-17-15(19)10-5-6-16-14(18)7-10/h3-8H,9H2,1-2H3,(H,16,18)(H,17,19). The average molecular weight is 288 g/mol. The fraction of sp³-hybridized carbons (Fsp3) is 0.200. The molecule has 0 saturated heterocycles. The minimum Gasteiger partial charge on any atom is -0.497 e. The molecule has 0 aliphatic heterocycles. The summed E-state index contributed by atoms with van der Waals surface area (Å²) >= 11 is 0. The first kappa shape index (κ1) is 14.6. The highest BCUT2D eigenvalue weighted by Crippen LogP contribution is 2.24. The summed E-state index contributed by atoms with van der Waals surface area (Å²) in [7, 11) is 3.12. The Bertz CT molecular complexity index is 694. The van der Waals surface area contributed by atoms with Crippen LogP contribution in [0.1, 0.15) is 15.9 Å². The molecule has 1 amide bonds. The Labute approximate surface area is 121 Å². The molecule has 6 heteroatoms. The molecule has 0 spiro atoms. The number of pyridine rings is 1. The highest BCUT2D eigenvalue weighted by molar-refractivity contribution is 5.93. The van der Waals surface area contributed by atoms with Crippen LogP contribution >= 0.6 is 0 Å². The number of nitrogens with one attached hydrogen (secondary N) is 2. The smallest absolute Gasteiger partial charge is 0.251 e. The molecule has 0 aliphatic carbocycles. The van der Waals surface area contributed by atoms with E-state index in [1.165, 1.54) is 12.3 Å². The maximum Gasteiger partial charge on any atom is 0.251 e. The van der Waals surface area contributed by atoms with Crippen LogP contribution < -0.4 is 20.3 Å². The van der Waals surface area contributed by atoms with Crippen molar-refractivity contribution in [2.75, 3.05) is 14.2 Å². The monoisotopic (exact) mass is 288 g/mol. The van der Waals surface area contributed by atoms with E-state index in [4.69, 9.17) is 9.47 Å². The van der Waals surface area contributed by atoms with Gasteiger partial charge in [0.05, 0.1) is 14.2 Å². The molecule has 2 N–H and O–H groups in total. The SMILES string of the molecule is COc1ccc(CNC(=O)c2cc[nH]c(=O)c2)c(OC)c1. The number of carbonyl (C=O) groups excluding carboxylic acids is 1. The molecule has 1 aromatic heterocycles.